The summed E-state index contributed by atoms with van der Waals surface area (Å²) in [6.45, 7) is 8.25. The van der Waals surface area contributed by atoms with Gasteiger partial charge in [0, 0.05) is 4.88 Å². The summed E-state index contributed by atoms with van der Waals surface area (Å²) in [6.07, 6.45) is 2.09. The largest absolute Gasteiger partial charge is 0.497 e. The molecule has 0 aliphatic heterocycles. The number of hydrogen-bond acceptors (Lipinski definition) is 7. The molecule has 3 N–H and O–H groups in total. The first-order valence-electron chi connectivity index (χ1n) is 9.72. The molecule has 0 saturated heterocycles. The zero-order chi connectivity index (χ0) is 22.3. The Morgan fingerprint density at radius 3 is 2.30 bits per heavy atom. The Morgan fingerprint density at radius 2 is 1.83 bits per heavy atom. The van der Waals surface area contributed by atoms with Crippen LogP contribution in [0.5, 0.6) is 5.75 Å². The lowest BCUT2D eigenvalue weighted by molar-refractivity contribution is -0.106. The zero-order valence-electron chi connectivity index (χ0n) is 18.0. The first-order chi connectivity index (χ1) is 14.3. The number of aliphatic hydroxyl groups is 1. The summed E-state index contributed by atoms with van der Waals surface area (Å²) in [5.74, 6) is 2.03. The normalized spacial score (nSPS) is 11.0. The van der Waals surface area contributed by atoms with E-state index in [1.807, 2.05) is 28.8 Å². The minimum absolute atomic E-state index is 0.250. The fraction of sp³-hybridized carbons (Fsp3) is 0.429. The van der Waals surface area contributed by atoms with Crippen LogP contribution in [0.15, 0.2) is 24.3 Å². The maximum Gasteiger partial charge on any atom is 0.204 e. The fourth-order valence-corrected chi connectivity index (χ4v) is 4.09. The van der Waals surface area contributed by atoms with Gasteiger partial charge in [-0.25, -0.2) is 4.98 Å². The van der Waals surface area contributed by atoms with E-state index in [-0.39, 0.29) is 6.41 Å². The smallest absolute Gasteiger partial charge is 0.204 e. The second-order valence-corrected chi connectivity index (χ2v) is 8.16. The van der Waals surface area contributed by atoms with E-state index in [2.05, 4.69) is 29.8 Å². The minimum Gasteiger partial charge on any atom is -0.497 e. The van der Waals surface area contributed by atoms with Crippen molar-refractivity contribution < 1.29 is 14.6 Å². The van der Waals surface area contributed by atoms with Crippen molar-refractivity contribution in [3.63, 3.8) is 0 Å². The molecular formula is C21H29N5O3S. The summed E-state index contributed by atoms with van der Waals surface area (Å²) in [4.78, 5) is 14.6. The fourth-order valence-electron chi connectivity index (χ4n) is 3.01. The molecule has 0 radical (unpaired) electrons. The third-order valence-electron chi connectivity index (χ3n) is 4.42. The molecule has 30 heavy (non-hydrogen) atoms. The van der Waals surface area contributed by atoms with Crippen LogP contribution in [0.25, 0.3) is 10.8 Å². The molecule has 3 aromatic rings. The van der Waals surface area contributed by atoms with E-state index in [0.29, 0.717) is 18.2 Å². The van der Waals surface area contributed by atoms with Gasteiger partial charge in [0.05, 0.1) is 19.3 Å². The second-order valence-electron chi connectivity index (χ2n) is 7.07. The lowest BCUT2D eigenvalue weighted by Crippen LogP contribution is -2.23. The molecule has 3 rings (SSSR count). The average Bonchev–Trinajstić information content (AvgIpc) is 3.32. The van der Waals surface area contributed by atoms with Crippen LogP contribution in [0.2, 0.25) is 0 Å². The monoisotopic (exact) mass is 431 g/mol. The molecule has 0 spiro atoms. The Bertz CT molecular complexity index is 937. The summed E-state index contributed by atoms with van der Waals surface area (Å²) in [5.41, 5.74) is 5.25. The molecule has 162 valence electrons. The molecule has 8 nitrogen and oxygen atoms in total. The van der Waals surface area contributed by atoms with Gasteiger partial charge < -0.3 is 20.1 Å². The molecule has 0 atom stereocenters. The van der Waals surface area contributed by atoms with E-state index in [1.165, 1.54) is 4.88 Å². The van der Waals surface area contributed by atoms with Crippen molar-refractivity contribution in [2.24, 2.45) is 5.73 Å². The van der Waals surface area contributed by atoms with Gasteiger partial charge in [0.25, 0.3) is 0 Å². The Balaban J connectivity index is 0.00000101. The summed E-state index contributed by atoms with van der Waals surface area (Å²) in [6, 6.07) is 7.87. The van der Waals surface area contributed by atoms with Crippen LogP contribution in [0.4, 0.5) is 0 Å². The predicted molar refractivity (Wildman–Crippen MR) is 117 cm³/mol. The van der Waals surface area contributed by atoms with E-state index in [1.54, 1.807) is 32.3 Å². The molecule has 9 heteroatoms. The Morgan fingerprint density at radius 1 is 1.20 bits per heavy atom. The van der Waals surface area contributed by atoms with Crippen molar-refractivity contribution >= 4 is 17.7 Å². The first kappa shape index (κ1) is 23.5. The third kappa shape index (κ3) is 5.43. The number of nitrogens with two attached hydrogens (primary N) is 1. The maximum absolute atomic E-state index is 10.6. The number of hydrogen-bond donors (Lipinski definition) is 2. The number of carbonyl (C=O) groups is 1. The number of carbonyl (C=O) groups excluding carboxylic acids is 1. The molecule has 0 unspecified atom stereocenters. The van der Waals surface area contributed by atoms with Gasteiger partial charge >= 0.3 is 0 Å². The average molecular weight is 432 g/mol. The van der Waals surface area contributed by atoms with Crippen LogP contribution in [0.3, 0.4) is 0 Å². The summed E-state index contributed by atoms with van der Waals surface area (Å²) in [5, 5.41) is 20.1. The molecule has 0 saturated carbocycles. The Kier molecular flexibility index (Phi) is 8.08. The Labute approximate surface area is 180 Å². The molecule has 1 amide bonds. The molecule has 2 heterocycles. The predicted octanol–water partition coefficient (Wildman–Crippen LogP) is 2.91. The van der Waals surface area contributed by atoms with Gasteiger partial charge in [0.2, 0.25) is 6.41 Å². The lowest BCUT2D eigenvalue weighted by atomic mass is 10.1. The van der Waals surface area contributed by atoms with E-state index in [0.717, 1.165) is 34.9 Å². The van der Waals surface area contributed by atoms with Gasteiger partial charge in [-0.3, -0.25) is 4.79 Å². The molecule has 0 aliphatic rings. The number of ether oxygens (including phenoxy) is 1. The van der Waals surface area contributed by atoms with E-state index < -0.39 is 5.60 Å². The van der Waals surface area contributed by atoms with Gasteiger partial charge in [0.1, 0.15) is 11.4 Å². The molecule has 1 aromatic carbocycles. The zero-order valence-corrected chi connectivity index (χ0v) is 18.9. The van der Waals surface area contributed by atoms with Crippen LogP contribution in [0, 0.1) is 0 Å². The van der Waals surface area contributed by atoms with Crippen molar-refractivity contribution in [1.29, 1.82) is 0 Å². The Hall–Kier alpha value is -2.78. The molecule has 2 aromatic heterocycles. The number of primary amides is 1. The van der Waals surface area contributed by atoms with Crippen LogP contribution in [-0.4, -0.2) is 38.4 Å². The second kappa shape index (κ2) is 10.3. The van der Waals surface area contributed by atoms with Crippen molar-refractivity contribution in [2.45, 2.75) is 52.7 Å². The molecule has 0 fully saturated rings. The van der Waals surface area contributed by atoms with Gasteiger partial charge in [-0.15, -0.1) is 21.5 Å². The summed E-state index contributed by atoms with van der Waals surface area (Å²) < 4.78 is 7.19. The van der Waals surface area contributed by atoms with Gasteiger partial charge in [-0.05, 0) is 44.4 Å². The maximum atomic E-state index is 10.6. The standard InChI is InChI=1S/C20H26N4O2S.CH3NO/c1-6-15-16(7-2)27-18(21-15)17-22-23-19(20(3,4)25)24(17)12-13-8-10-14(26-5)11-9-13;2-1-3/h8-11,25H,6-7,12H2,1-5H3;1H,(H2,2,3). The highest BCUT2D eigenvalue weighted by molar-refractivity contribution is 7.15. The number of amides is 1. The van der Waals surface area contributed by atoms with Gasteiger partial charge in [-0.1, -0.05) is 26.0 Å². The van der Waals surface area contributed by atoms with Crippen LogP contribution in [0.1, 0.15) is 49.7 Å². The van der Waals surface area contributed by atoms with E-state index >= 15 is 0 Å². The van der Waals surface area contributed by atoms with Gasteiger partial charge in [0.15, 0.2) is 16.7 Å². The van der Waals surface area contributed by atoms with Gasteiger partial charge in [-0.2, -0.15) is 0 Å². The first-order valence-corrected chi connectivity index (χ1v) is 10.5. The SMILES string of the molecule is CCc1nc(-c2nnc(C(C)(C)O)n2Cc2ccc(OC)cc2)sc1CC.NC=O. The highest BCUT2D eigenvalue weighted by Crippen LogP contribution is 2.31. The van der Waals surface area contributed by atoms with Crippen LogP contribution in [-0.2, 0) is 29.8 Å². The number of benzene rings is 1. The van der Waals surface area contributed by atoms with Crippen LogP contribution >= 0.6 is 11.3 Å². The van der Waals surface area contributed by atoms with E-state index in [9.17, 15) is 5.11 Å². The number of thiazole rings is 1. The van der Waals surface area contributed by atoms with E-state index in [4.69, 9.17) is 14.5 Å². The lowest BCUT2D eigenvalue weighted by Gasteiger charge is -2.18. The number of aromatic nitrogens is 4. The number of aryl methyl sites for hydroxylation is 2. The third-order valence-corrected chi connectivity index (χ3v) is 5.66. The molecular weight excluding hydrogens is 402 g/mol. The topological polar surface area (TPSA) is 116 Å². The van der Waals surface area contributed by atoms with Crippen molar-refractivity contribution in [3.05, 3.63) is 46.2 Å². The summed E-state index contributed by atoms with van der Waals surface area (Å²) in [7, 11) is 1.65. The number of nitrogens with zero attached hydrogens (tertiary/aromatic N) is 4. The molecule has 0 bridgehead atoms. The van der Waals surface area contributed by atoms with Crippen molar-refractivity contribution in [1.82, 2.24) is 19.7 Å². The summed E-state index contributed by atoms with van der Waals surface area (Å²) >= 11 is 1.66. The highest BCUT2D eigenvalue weighted by Gasteiger charge is 2.28. The number of methoxy groups -OCH3 is 1. The van der Waals surface area contributed by atoms with Crippen molar-refractivity contribution in [2.75, 3.05) is 7.11 Å². The minimum atomic E-state index is -1.10. The quantitative estimate of drug-likeness (QED) is 0.556. The number of rotatable bonds is 7. The van der Waals surface area contributed by atoms with Crippen molar-refractivity contribution in [3.8, 4) is 16.6 Å². The van der Waals surface area contributed by atoms with Crippen LogP contribution < -0.4 is 10.5 Å². The highest BCUT2D eigenvalue weighted by atomic mass is 32.1. The molecule has 0 aliphatic carbocycles.